The number of aliphatic carboxylic acids is 1. The van der Waals surface area contributed by atoms with E-state index in [1.165, 1.54) is 0 Å². The number of amides is 2. The first-order valence-electron chi connectivity index (χ1n) is 15.5. The predicted octanol–water partition coefficient (Wildman–Crippen LogP) is -10.4. The van der Waals surface area contributed by atoms with Crippen LogP contribution in [-0.4, -0.2) is 202 Å². The Kier molecular flexibility index (Phi) is 15.6. The Balaban J connectivity index is 2.08. The summed E-state index contributed by atoms with van der Waals surface area (Å²) in [4.78, 5) is 36.2. The molecular weight excluding hydrogens is 792 g/mol. The van der Waals surface area contributed by atoms with Gasteiger partial charge in [0, 0.05) is 20.3 Å². The van der Waals surface area contributed by atoms with Crippen LogP contribution < -0.4 is 15.7 Å². The Morgan fingerprint density at radius 1 is 0.833 bits per heavy atom. The molecule has 54 heavy (non-hydrogen) atoms. The molecule has 0 unspecified atom stereocenters. The highest BCUT2D eigenvalue weighted by Crippen LogP contribution is 2.38. The van der Waals surface area contributed by atoms with Crippen molar-refractivity contribution in [2.45, 2.75) is 118 Å². The van der Waals surface area contributed by atoms with Gasteiger partial charge in [0.2, 0.25) is 38.4 Å². The molecule has 0 aromatic rings. The van der Waals surface area contributed by atoms with Crippen LogP contribution in [0.15, 0.2) is 0 Å². The van der Waals surface area contributed by atoms with Crippen LogP contribution in [0.2, 0.25) is 0 Å². The van der Waals surface area contributed by atoms with Crippen LogP contribution in [0, 0.1) is 0 Å². The van der Waals surface area contributed by atoms with Crippen LogP contribution in [0.5, 0.6) is 0 Å². The number of rotatable bonds is 16. The smallest absolute Gasteiger partial charge is 0.217 e. The molecule has 0 aromatic heterocycles. The van der Waals surface area contributed by atoms with E-state index in [0.29, 0.717) is 0 Å². The van der Waals surface area contributed by atoms with E-state index < -0.39 is 162 Å². The van der Waals surface area contributed by atoms with E-state index in [4.69, 9.17) is 23.7 Å². The highest BCUT2D eigenvalue weighted by atomic mass is 32.3. The SMILES string of the molecule is CC(=O)N[C@@H]1[C@@H](O)[C@H](O[C@@H]2O[C@H](COS(=O)(=O)[O-])[C@H](O)[C@H](O[C@]3(C(=O)[O-])C[C@H](O)[C@@H](NC(C)=O)[C@H]([C@H](O)[C@H](O)CO)O3)[C@H]2O)[C@@H](COS(=O)(=O)[O-])O[C@H]1O. The molecule has 3 aliphatic rings. The van der Waals surface area contributed by atoms with Crippen LogP contribution in [0.25, 0.3) is 0 Å². The number of aliphatic hydroxyl groups excluding tert-OH is 8. The monoisotopic (exact) mass is 831 g/mol. The van der Waals surface area contributed by atoms with Gasteiger partial charge in [-0.15, -0.1) is 0 Å². The number of carboxylic acid groups (broad SMARTS) is 1. The van der Waals surface area contributed by atoms with Crippen LogP contribution in [0.3, 0.4) is 0 Å². The third kappa shape index (κ3) is 11.6. The summed E-state index contributed by atoms with van der Waals surface area (Å²) in [6.45, 7) is -2.05. The lowest BCUT2D eigenvalue weighted by Crippen LogP contribution is -2.72. The van der Waals surface area contributed by atoms with Crippen molar-refractivity contribution in [1.29, 1.82) is 0 Å². The number of ether oxygens (including phenoxy) is 5. The van der Waals surface area contributed by atoms with E-state index in [-0.39, 0.29) is 0 Å². The lowest BCUT2D eigenvalue weighted by atomic mass is 9.88. The van der Waals surface area contributed by atoms with Gasteiger partial charge in [0.15, 0.2) is 12.6 Å². The standard InChI is InChI=1S/C25H42N2O25S2/c1-7(29)26-13-9(31)3-25(24(38)39,51-20(13)15(33)10(32)4-28)52-21-16(34)11(5-46-53(40,41)42)49-23(18(21)36)50-19-12(6-47-54(43,44)45)48-22(37)14(17(19)35)27-8(2)30/h9-23,28,31-37H,3-6H2,1-2H3,(H,26,29)(H,27,30)(H,38,39)(H,40,41,42)(H,43,44,45)/p-3/t9-,10+,11+,12+,13+,14+,15+,16-,17+,18+,19+,20+,21-,22+,23-,25-/m0/s1. The van der Waals surface area contributed by atoms with Crippen molar-refractivity contribution in [3.8, 4) is 0 Å². The van der Waals surface area contributed by atoms with Crippen molar-refractivity contribution >= 4 is 38.6 Å². The lowest BCUT2D eigenvalue weighted by Gasteiger charge is -2.52. The van der Waals surface area contributed by atoms with Crippen molar-refractivity contribution in [1.82, 2.24) is 10.6 Å². The van der Waals surface area contributed by atoms with E-state index >= 15 is 0 Å². The minimum Gasteiger partial charge on any atom is -0.726 e. The van der Waals surface area contributed by atoms with Gasteiger partial charge in [-0.2, -0.15) is 0 Å². The van der Waals surface area contributed by atoms with Gasteiger partial charge in [0.1, 0.15) is 73.1 Å². The van der Waals surface area contributed by atoms with Gasteiger partial charge in [-0.05, 0) is 0 Å². The minimum atomic E-state index is -5.57. The Hall–Kier alpha value is -2.37. The van der Waals surface area contributed by atoms with Crippen LogP contribution in [0.4, 0.5) is 0 Å². The Morgan fingerprint density at radius 3 is 1.87 bits per heavy atom. The molecule has 29 heteroatoms. The summed E-state index contributed by atoms with van der Waals surface area (Å²) in [7, 11) is -11.1. The normalized spacial score (nSPS) is 38.9. The molecule has 0 aliphatic carbocycles. The van der Waals surface area contributed by atoms with Gasteiger partial charge in [-0.1, -0.05) is 0 Å². The van der Waals surface area contributed by atoms with Gasteiger partial charge >= 0.3 is 0 Å². The van der Waals surface area contributed by atoms with Gasteiger partial charge in [-0.3, -0.25) is 18.0 Å². The maximum Gasteiger partial charge on any atom is 0.217 e. The zero-order chi connectivity index (χ0) is 41.1. The largest absolute Gasteiger partial charge is 0.726 e. The van der Waals surface area contributed by atoms with Crippen LogP contribution in [-0.2, 0) is 67.2 Å². The second-order valence-corrected chi connectivity index (χ2v) is 14.3. The van der Waals surface area contributed by atoms with Gasteiger partial charge in [-0.25, -0.2) is 16.8 Å². The van der Waals surface area contributed by atoms with Gasteiger partial charge < -0.3 is 94.2 Å². The van der Waals surface area contributed by atoms with Gasteiger partial charge in [0.25, 0.3) is 0 Å². The molecule has 3 heterocycles. The highest BCUT2D eigenvalue weighted by molar-refractivity contribution is 7.81. The molecule has 0 radical (unpaired) electrons. The molecule has 0 spiro atoms. The molecule has 3 rings (SSSR count). The molecule has 0 aromatic carbocycles. The van der Waals surface area contributed by atoms with Crippen molar-refractivity contribution in [3.63, 3.8) is 0 Å². The quantitative estimate of drug-likeness (QED) is 0.0510. The molecule has 27 nitrogen and oxygen atoms in total. The fourth-order valence-corrected chi connectivity index (χ4v) is 6.44. The molecule has 314 valence electrons. The zero-order valence-corrected chi connectivity index (χ0v) is 29.5. The van der Waals surface area contributed by atoms with E-state index in [1.54, 1.807) is 0 Å². The zero-order valence-electron chi connectivity index (χ0n) is 27.8. The molecule has 16 atom stereocenters. The third-order valence-electron chi connectivity index (χ3n) is 8.25. The second kappa shape index (κ2) is 18.3. The first-order chi connectivity index (χ1) is 24.8. The Morgan fingerprint density at radius 2 is 1.37 bits per heavy atom. The topological polar surface area (TPSA) is 439 Å². The molecule has 0 bridgehead atoms. The van der Waals surface area contributed by atoms with E-state index in [2.05, 4.69) is 19.0 Å². The molecular formula is C25H39N2O25S2-3. The highest BCUT2D eigenvalue weighted by Gasteiger charge is 2.58. The number of hydrogen-bond acceptors (Lipinski definition) is 25. The van der Waals surface area contributed by atoms with Crippen molar-refractivity contribution < 1.29 is 118 Å². The number of nitrogens with one attached hydrogen (secondary N) is 2. The molecule has 3 saturated heterocycles. The average Bonchev–Trinajstić information content (AvgIpc) is 3.05. The first kappa shape index (κ1) is 46.0. The number of carbonyl (C=O) groups excluding carboxylic acids is 3. The summed E-state index contributed by atoms with van der Waals surface area (Å²) >= 11 is 0. The van der Waals surface area contributed by atoms with E-state index in [9.17, 15) is 86.3 Å². The Bertz CT molecular complexity index is 1540. The van der Waals surface area contributed by atoms with Crippen LogP contribution >= 0.6 is 0 Å². The lowest BCUT2D eigenvalue weighted by molar-refractivity contribution is -0.410. The summed E-state index contributed by atoms with van der Waals surface area (Å²) in [5, 5.41) is 102. The predicted molar refractivity (Wildman–Crippen MR) is 156 cm³/mol. The summed E-state index contributed by atoms with van der Waals surface area (Å²) in [5.74, 6) is -7.55. The number of carboxylic acids is 1. The minimum absolute atomic E-state index is 0.870. The average molecular weight is 832 g/mol. The fourth-order valence-electron chi connectivity index (χ4n) is 5.83. The number of hydrogen-bond donors (Lipinski definition) is 10. The Labute approximate surface area is 305 Å². The molecule has 3 aliphatic heterocycles. The second-order valence-electron chi connectivity index (χ2n) is 12.2. The molecule has 2 amide bonds. The summed E-state index contributed by atoms with van der Waals surface area (Å²) < 4.78 is 102. The van der Waals surface area contributed by atoms with Crippen molar-refractivity contribution in [2.24, 2.45) is 0 Å². The number of aliphatic hydroxyl groups is 8. The third-order valence-corrected chi connectivity index (χ3v) is 9.10. The number of carbonyl (C=O) groups is 3. The fraction of sp³-hybridized carbons (Fsp3) is 0.880. The summed E-state index contributed by atoms with van der Waals surface area (Å²) in [6, 6.07) is -3.53. The van der Waals surface area contributed by atoms with Crippen molar-refractivity contribution in [3.05, 3.63) is 0 Å². The maximum absolute atomic E-state index is 12.7. The maximum atomic E-state index is 12.7. The molecule has 3 fully saturated rings. The summed E-state index contributed by atoms with van der Waals surface area (Å²) in [6.07, 6.45) is -30.6. The van der Waals surface area contributed by atoms with Crippen molar-refractivity contribution in [2.75, 3.05) is 19.8 Å². The summed E-state index contributed by atoms with van der Waals surface area (Å²) in [5.41, 5.74) is 0. The molecule has 10 N–H and O–H groups in total. The van der Waals surface area contributed by atoms with E-state index in [1.807, 2.05) is 0 Å². The van der Waals surface area contributed by atoms with E-state index in [0.717, 1.165) is 13.8 Å². The van der Waals surface area contributed by atoms with Gasteiger partial charge in [0.05, 0.1) is 32.0 Å². The first-order valence-corrected chi connectivity index (χ1v) is 18.1. The molecule has 0 saturated carbocycles. The van der Waals surface area contributed by atoms with Crippen LogP contribution in [0.1, 0.15) is 20.3 Å².